The molecule has 21 heavy (non-hydrogen) atoms. The first-order valence-electron chi connectivity index (χ1n) is 6.68. The van der Waals surface area contributed by atoms with Crippen LogP contribution in [0.25, 0.3) is 0 Å². The summed E-state index contributed by atoms with van der Waals surface area (Å²) in [5.41, 5.74) is 5.56. The van der Waals surface area contributed by atoms with Crippen LogP contribution in [-0.2, 0) is 4.79 Å². The fourth-order valence-electron chi connectivity index (χ4n) is 2.10. The molecule has 1 aromatic carbocycles. The first-order chi connectivity index (χ1) is 9.65. The minimum Gasteiger partial charge on any atom is -0.484 e. The Bertz CT molecular complexity index is 473. The Kier molecular flexibility index (Phi) is 6.98. The predicted molar refractivity (Wildman–Crippen MR) is 81.7 cm³/mol. The number of rotatable bonds is 5. The van der Waals surface area contributed by atoms with Crippen LogP contribution in [0.4, 0.5) is 0 Å². The molecule has 0 aromatic heterocycles. The second kappa shape index (κ2) is 8.49. The quantitative estimate of drug-likeness (QED) is 0.736. The molecule has 0 radical (unpaired) electrons. The summed E-state index contributed by atoms with van der Waals surface area (Å²) in [6, 6.07) is 6.82. The highest BCUT2D eigenvalue weighted by molar-refractivity contribution is 5.94. The second-order valence-electron chi connectivity index (χ2n) is 4.80. The van der Waals surface area contributed by atoms with Gasteiger partial charge in [-0.1, -0.05) is 0 Å². The average Bonchev–Trinajstić information content (AvgIpc) is 2.46. The van der Waals surface area contributed by atoms with Crippen molar-refractivity contribution in [3.63, 3.8) is 0 Å². The highest BCUT2D eigenvalue weighted by atomic mass is 35.5. The lowest BCUT2D eigenvalue weighted by atomic mass is 10.1. The van der Waals surface area contributed by atoms with Crippen LogP contribution >= 0.6 is 12.4 Å². The maximum absolute atomic E-state index is 12.0. The lowest BCUT2D eigenvalue weighted by Crippen LogP contribution is -2.45. The zero-order chi connectivity index (χ0) is 14.4. The number of benzene rings is 1. The van der Waals surface area contributed by atoms with Gasteiger partial charge in [0.2, 0.25) is 0 Å². The predicted octanol–water partition coefficient (Wildman–Crippen LogP) is 0.454. The summed E-state index contributed by atoms with van der Waals surface area (Å²) in [7, 11) is 0. The summed E-state index contributed by atoms with van der Waals surface area (Å²) in [6.45, 7) is 1.66. The Morgan fingerprint density at radius 1 is 1.33 bits per heavy atom. The fourth-order valence-corrected chi connectivity index (χ4v) is 2.10. The van der Waals surface area contributed by atoms with E-state index in [2.05, 4.69) is 10.6 Å². The molecule has 7 heteroatoms. The first-order valence-corrected chi connectivity index (χ1v) is 6.68. The number of carbonyl (C=O) groups excluding carboxylic acids is 2. The van der Waals surface area contributed by atoms with Crippen molar-refractivity contribution in [3.05, 3.63) is 29.8 Å². The van der Waals surface area contributed by atoms with Crippen LogP contribution in [0.3, 0.4) is 0 Å². The molecule has 1 aliphatic rings. The van der Waals surface area contributed by atoms with Crippen LogP contribution in [0.1, 0.15) is 23.2 Å². The van der Waals surface area contributed by atoms with Gasteiger partial charge >= 0.3 is 0 Å². The highest BCUT2D eigenvalue weighted by Gasteiger charge is 2.16. The van der Waals surface area contributed by atoms with Gasteiger partial charge in [-0.15, -0.1) is 12.4 Å². The first kappa shape index (κ1) is 17.3. The van der Waals surface area contributed by atoms with E-state index in [9.17, 15) is 9.59 Å². The SMILES string of the molecule is Cl.NC(=O)COc1ccc(C(=O)N[C@H]2CCCNC2)cc1. The molecule has 1 fully saturated rings. The zero-order valence-corrected chi connectivity index (χ0v) is 12.4. The average molecular weight is 314 g/mol. The Hall–Kier alpha value is -1.79. The maximum Gasteiger partial charge on any atom is 0.255 e. The molecule has 1 saturated heterocycles. The standard InChI is InChI=1S/C14H19N3O3.ClH/c15-13(18)9-20-12-5-3-10(4-6-12)14(19)17-11-2-1-7-16-8-11;/h3-6,11,16H,1-2,7-9H2,(H2,15,18)(H,17,19);1H/t11-;/m0./s1. The van der Waals surface area contributed by atoms with Gasteiger partial charge in [0, 0.05) is 18.2 Å². The van der Waals surface area contributed by atoms with Crippen molar-refractivity contribution in [3.8, 4) is 5.75 Å². The summed E-state index contributed by atoms with van der Waals surface area (Å²) < 4.78 is 5.14. The van der Waals surface area contributed by atoms with Gasteiger partial charge in [0.25, 0.3) is 11.8 Å². The van der Waals surface area contributed by atoms with Crippen LogP contribution in [0.5, 0.6) is 5.75 Å². The summed E-state index contributed by atoms with van der Waals surface area (Å²) in [5, 5.41) is 6.24. The van der Waals surface area contributed by atoms with Crippen LogP contribution < -0.4 is 21.1 Å². The van der Waals surface area contributed by atoms with Crippen LogP contribution in [0.15, 0.2) is 24.3 Å². The van der Waals surface area contributed by atoms with Gasteiger partial charge in [0.15, 0.2) is 6.61 Å². The molecule has 0 bridgehead atoms. The van der Waals surface area contributed by atoms with E-state index in [1.807, 2.05) is 0 Å². The molecule has 116 valence electrons. The minimum absolute atomic E-state index is 0. The van der Waals surface area contributed by atoms with E-state index in [-0.39, 0.29) is 31.0 Å². The molecule has 4 N–H and O–H groups in total. The minimum atomic E-state index is -0.531. The number of amides is 2. The zero-order valence-electron chi connectivity index (χ0n) is 11.6. The number of carbonyl (C=O) groups is 2. The Balaban J connectivity index is 0.00000220. The maximum atomic E-state index is 12.0. The van der Waals surface area contributed by atoms with Crippen molar-refractivity contribution in [1.29, 1.82) is 0 Å². The highest BCUT2D eigenvalue weighted by Crippen LogP contribution is 2.12. The van der Waals surface area contributed by atoms with Crippen LogP contribution in [-0.4, -0.2) is 37.6 Å². The van der Waals surface area contributed by atoms with Gasteiger partial charge in [-0.05, 0) is 43.7 Å². The summed E-state index contributed by atoms with van der Waals surface area (Å²) in [6.07, 6.45) is 2.07. The van der Waals surface area contributed by atoms with E-state index in [1.165, 1.54) is 0 Å². The molecule has 1 atom stereocenters. The number of primary amides is 1. The molecule has 6 nitrogen and oxygen atoms in total. The van der Waals surface area contributed by atoms with Crippen molar-refractivity contribution in [2.75, 3.05) is 19.7 Å². The van der Waals surface area contributed by atoms with Gasteiger partial charge in [-0.25, -0.2) is 0 Å². The Morgan fingerprint density at radius 2 is 2.05 bits per heavy atom. The third kappa shape index (κ3) is 5.61. The van der Waals surface area contributed by atoms with E-state index in [0.717, 1.165) is 25.9 Å². The lowest BCUT2D eigenvalue weighted by molar-refractivity contribution is -0.119. The summed E-state index contributed by atoms with van der Waals surface area (Å²) >= 11 is 0. The fraction of sp³-hybridized carbons (Fsp3) is 0.429. The number of nitrogens with two attached hydrogens (primary N) is 1. The third-order valence-electron chi connectivity index (χ3n) is 3.13. The van der Waals surface area contributed by atoms with E-state index >= 15 is 0 Å². The Labute approximate surface area is 129 Å². The van der Waals surface area contributed by atoms with Gasteiger partial charge < -0.3 is 21.1 Å². The molecule has 2 amide bonds. The largest absolute Gasteiger partial charge is 0.484 e. The van der Waals surface area contributed by atoms with Crippen LogP contribution in [0.2, 0.25) is 0 Å². The van der Waals surface area contributed by atoms with Gasteiger partial charge in [-0.3, -0.25) is 9.59 Å². The lowest BCUT2D eigenvalue weighted by Gasteiger charge is -2.23. The van der Waals surface area contributed by atoms with Crippen LogP contribution in [0, 0.1) is 0 Å². The third-order valence-corrected chi connectivity index (χ3v) is 3.13. The van der Waals surface area contributed by atoms with Gasteiger partial charge in [0.05, 0.1) is 0 Å². The van der Waals surface area contributed by atoms with Crippen molar-refractivity contribution in [2.24, 2.45) is 5.73 Å². The van der Waals surface area contributed by atoms with Gasteiger partial charge in [-0.2, -0.15) is 0 Å². The number of ether oxygens (including phenoxy) is 1. The monoisotopic (exact) mass is 313 g/mol. The molecule has 1 heterocycles. The molecule has 2 rings (SSSR count). The summed E-state index contributed by atoms with van der Waals surface area (Å²) in [5.74, 6) is -0.114. The number of hydrogen-bond acceptors (Lipinski definition) is 4. The molecule has 0 aliphatic carbocycles. The molecule has 0 spiro atoms. The normalized spacial score (nSPS) is 17.4. The van der Waals surface area contributed by atoms with E-state index in [0.29, 0.717) is 11.3 Å². The molecule has 0 saturated carbocycles. The molecule has 0 unspecified atom stereocenters. The Morgan fingerprint density at radius 3 is 2.62 bits per heavy atom. The second-order valence-corrected chi connectivity index (χ2v) is 4.80. The molecular weight excluding hydrogens is 294 g/mol. The number of piperidine rings is 1. The van der Waals surface area contributed by atoms with Crippen molar-refractivity contribution < 1.29 is 14.3 Å². The van der Waals surface area contributed by atoms with Gasteiger partial charge in [0.1, 0.15) is 5.75 Å². The van der Waals surface area contributed by atoms with E-state index < -0.39 is 5.91 Å². The number of halogens is 1. The number of nitrogens with one attached hydrogen (secondary N) is 2. The molecule has 1 aromatic rings. The topological polar surface area (TPSA) is 93.5 Å². The van der Waals surface area contributed by atoms with Crippen molar-refractivity contribution in [2.45, 2.75) is 18.9 Å². The van der Waals surface area contributed by atoms with E-state index in [1.54, 1.807) is 24.3 Å². The van der Waals surface area contributed by atoms with Crippen molar-refractivity contribution >= 4 is 24.2 Å². The smallest absolute Gasteiger partial charge is 0.255 e. The van der Waals surface area contributed by atoms with E-state index in [4.69, 9.17) is 10.5 Å². The summed E-state index contributed by atoms with van der Waals surface area (Å²) in [4.78, 5) is 22.6. The molecular formula is C14H20ClN3O3. The molecule has 1 aliphatic heterocycles. The van der Waals surface area contributed by atoms with Crippen molar-refractivity contribution in [1.82, 2.24) is 10.6 Å². The number of hydrogen-bond donors (Lipinski definition) is 3.